The maximum atomic E-state index is 11.9. The lowest BCUT2D eigenvalue weighted by atomic mass is 10.4. The summed E-state index contributed by atoms with van der Waals surface area (Å²) in [6.45, 7) is 0. The summed E-state index contributed by atoms with van der Waals surface area (Å²) in [6, 6.07) is 3.68. The van der Waals surface area contributed by atoms with Crippen LogP contribution in [-0.2, 0) is 14.6 Å². The predicted molar refractivity (Wildman–Crippen MR) is 72.1 cm³/mol. The normalized spacial score (nSPS) is 12.4. The van der Waals surface area contributed by atoms with Gasteiger partial charge in [0.1, 0.15) is 0 Å². The summed E-state index contributed by atoms with van der Waals surface area (Å²) in [7, 11) is -3.91. The van der Waals surface area contributed by atoms with E-state index in [0.717, 1.165) is 6.07 Å². The molecule has 0 heterocycles. The average molecular weight is 351 g/mol. The first kappa shape index (κ1) is 15.9. The van der Waals surface area contributed by atoms with Gasteiger partial charge in [0.05, 0.1) is 20.7 Å². The van der Waals surface area contributed by atoms with Crippen molar-refractivity contribution in [3.63, 3.8) is 0 Å². The molecule has 0 aliphatic heterocycles. The maximum Gasteiger partial charge on any atom is 0.254 e. The highest BCUT2D eigenvalue weighted by Crippen LogP contribution is 2.29. The molecular weight excluding hydrogens is 344 g/mol. The van der Waals surface area contributed by atoms with E-state index in [0.29, 0.717) is 0 Å². The molecule has 0 saturated carbocycles. The molecule has 1 rings (SSSR count). The molecule has 1 aromatic carbocycles. The van der Waals surface area contributed by atoms with E-state index < -0.39 is 25.8 Å². The Bertz CT molecular complexity index is 585. The molecule has 0 unspecified atom stereocenters. The standard InChI is InChI=1S/C9H7Cl4NO3S/c10-6-2-1-5(3-7(6)11)18(16,17)4-9(12,13)8(14)15/h1-3H,4H2,(H2,14,15). The van der Waals surface area contributed by atoms with E-state index in [1.807, 2.05) is 0 Å². The Morgan fingerprint density at radius 3 is 2.22 bits per heavy atom. The molecule has 4 nitrogen and oxygen atoms in total. The van der Waals surface area contributed by atoms with Crippen LogP contribution < -0.4 is 5.73 Å². The average Bonchev–Trinajstić information content (AvgIpc) is 2.20. The van der Waals surface area contributed by atoms with Crippen molar-refractivity contribution in [2.75, 3.05) is 5.75 Å². The molecule has 1 amide bonds. The Morgan fingerprint density at radius 1 is 1.22 bits per heavy atom. The van der Waals surface area contributed by atoms with Crippen LogP contribution in [0.1, 0.15) is 0 Å². The molecule has 1 aromatic rings. The van der Waals surface area contributed by atoms with Crippen LogP contribution >= 0.6 is 46.4 Å². The molecule has 2 N–H and O–H groups in total. The fraction of sp³-hybridized carbons (Fsp3) is 0.222. The summed E-state index contributed by atoms with van der Waals surface area (Å²) in [6.07, 6.45) is 0. The van der Waals surface area contributed by atoms with Crippen LogP contribution in [0.25, 0.3) is 0 Å². The zero-order valence-corrected chi connectivity index (χ0v) is 12.5. The van der Waals surface area contributed by atoms with Gasteiger partial charge in [-0.1, -0.05) is 46.4 Å². The minimum atomic E-state index is -3.91. The van der Waals surface area contributed by atoms with Gasteiger partial charge in [-0.05, 0) is 18.2 Å². The molecule has 0 fully saturated rings. The second-order valence-corrected chi connectivity index (χ2v) is 7.69. The highest BCUT2D eigenvalue weighted by Gasteiger charge is 2.37. The topological polar surface area (TPSA) is 77.2 Å². The van der Waals surface area contributed by atoms with Crippen molar-refractivity contribution in [3.8, 4) is 0 Å². The van der Waals surface area contributed by atoms with Gasteiger partial charge in [0, 0.05) is 0 Å². The minimum Gasteiger partial charge on any atom is -0.367 e. The second kappa shape index (κ2) is 5.43. The number of carbonyl (C=O) groups is 1. The van der Waals surface area contributed by atoms with E-state index >= 15 is 0 Å². The SMILES string of the molecule is NC(=O)C(Cl)(Cl)CS(=O)(=O)c1ccc(Cl)c(Cl)c1. The first-order valence-corrected chi connectivity index (χ1v) is 7.58. The first-order chi connectivity index (χ1) is 8.06. The largest absolute Gasteiger partial charge is 0.367 e. The van der Waals surface area contributed by atoms with E-state index in [1.54, 1.807) is 0 Å². The summed E-state index contributed by atoms with van der Waals surface area (Å²) in [4.78, 5) is 10.7. The van der Waals surface area contributed by atoms with E-state index in [1.165, 1.54) is 12.1 Å². The molecule has 0 spiro atoms. The molecule has 0 aliphatic rings. The lowest BCUT2D eigenvalue weighted by Crippen LogP contribution is -2.39. The molecule has 100 valence electrons. The van der Waals surface area contributed by atoms with Gasteiger partial charge in [-0.3, -0.25) is 4.79 Å². The lowest BCUT2D eigenvalue weighted by molar-refractivity contribution is -0.118. The minimum absolute atomic E-state index is 0.0616. The van der Waals surface area contributed by atoms with Crippen LogP contribution in [0.5, 0.6) is 0 Å². The van der Waals surface area contributed by atoms with Crippen LogP contribution in [-0.4, -0.2) is 24.4 Å². The Labute approximate surface area is 124 Å². The van der Waals surface area contributed by atoms with Crippen molar-refractivity contribution < 1.29 is 13.2 Å². The number of hydrogen-bond acceptors (Lipinski definition) is 3. The van der Waals surface area contributed by atoms with Gasteiger partial charge in [-0.15, -0.1) is 0 Å². The Morgan fingerprint density at radius 2 is 1.78 bits per heavy atom. The number of alkyl halides is 2. The maximum absolute atomic E-state index is 11.9. The number of amides is 1. The summed E-state index contributed by atoms with van der Waals surface area (Å²) >= 11 is 22.4. The van der Waals surface area contributed by atoms with Gasteiger partial charge in [0.25, 0.3) is 5.91 Å². The Kier molecular flexibility index (Phi) is 4.78. The fourth-order valence-electron chi connectivity index (χ4n) is 1.06. The third-order valence-corrected chi connectivity index (χ3v) is 5.46. The van der Waals surface area contributed by atoms with Gasteiger partial charge in [0.15, 0.2) is 9.84 Å². The van der Waals surface area contributed by atoms with E-state index in [9.17, 15) is 13.2 Å². The van der Waals surface area contributed by atoms with Crippen LogP contribution in [0.3, 0.4) is 0 Å². The first-order valence-electron chi connectivity index (χ1n) is 4.42. The number of rotatable bonds is 4. The molecule has 9 heteroatoms. The van der Waals surface area contributed by atoms with Crippen molar-refractivity contribution in [3.05, 3.63) is 28.2 Å². The molecule has 0 saturated heterocycles. The molecule has 0 radical (unpaired) electrons. The zero-order chi connectivity index (χ0) is 14.1. The highest BCUT2D eigenvalue weighted by atomic mass is 35.5. The third-order valence-electron chi connectivity index (χ3n) is 1.98. The van der Waals surface area contributed by atoms with Gasteiger partial charge in [-0.25, -0.2) is 8.42 Å². The number of sulfone groups is 1. The highest BCUT2D eigenvalue weighted by molar-refractivity contribution is 7.91. The van der Waals surface area contributed by atoms with Gasteiger partial charge < -0.3 is 5.73 Å². The number of nitrogens with two attached hydrogens (primary N) is 1. The van der Waals surface area contributed by atoms with Gasteiger partial charge >= 0.3 is 0 Å². The van der Waals surface area contributed by atoms with E-state index in [2.05, 4.69) is 0 Å². The number of primary amides is 1. The smallest absolute Gasteiger partial charge is 0.254 e. The van der Waals surface area contributed by atoms with Crippen LogP contribution in [0.15, 0.2) is 23.1 Å². The third kappa shape index (κ3) is 3.65. The van der Waals surface area contributed by atoms with Crippen molar-refractivity contribution in [1.29, 1.82) is 0 Å². The lowest BCUT2D eigenvalue weighted by Gasteiger charge is -2.15. The predicted octanol–water partition coefficient (Wildman–Crippen LogP) is 2.43. The van der Waals surface area contributed by atoms with E-state index in [-0.39, 0.29) is 14.9 Å². The Balaban J connectivity index is 3.15. The van der Waals surface area contributed by atoms with Crippen LogP contribution in [0, 0.1) is 0 Å². The summed E-state index contributed by atoms with van der Waals surface area (Å²) in [5.74, 6) is -1.99. The number of benzene rings is 1. The number of carbonyl (C=O) groups excluding carboxylic acids is 1. The quantitative estimate of drug-likeness (QED) is 0.847. The fourth-order valence-corrected chi connectivity index (χ4v) is 3.65. The number of hydrogen-bond donors (Lipinski definition) is 1. The molecule has 0 atom stereocenters. The summed E-state index contributed by atoms with van der Waals surface area (Å²) in [5.41, 5.74) is 4.90. The molecule has 18 heavy (non-hydrogen) atoms. The summed E-state index contributed by atoms with van der Waals surface area (Å²) in [5, 5.41) is 0.264. The van der Waals surface area contributed by atoms with Crippen molar-refractivity contribution in [1.82, 2.24) is 0 Å². The van der Waals surface area contributed by atoms with Crippen molar-refractivity contribution in [2.24, 2.45) is 5.73 Å². The van der Waals surface area contributed by atoms with Crippen molar-refractivity contribution in [2.45, 2.75) is 9.23 Å². The van der Waals surface area contributed by atoms with Gasteiger partial charge in [-0.2, -0.15) is 0 Å². The zero-order valence-electron chi connectivity index (χ0n) is 8.66. The number of halogens is 4. The van der Waals surface area contributed by atoms with Crippen LogP contribution in [0.4, 0.5) is 0 Å². The molecule has 0 bridgehead atoms. The summed E-state index contributed by atoms with van der Waals surface area (Å²) < 4.78 is 21.7. The second-order valence-electron chi connectivity index (χ2n) is 3.40. The van der Waals surface area contributed by atoms with Crippen molar-refractivity contribution >= 4 is 62.1 Å². The van der Waals surface area contributed by atoms with E-state index in [4.69, 9.17) is 52.1 Å². The Hall–Kier alpha value is -0.200. The molecular formula is C9H7Cl4NO3S. The molecule has 0 aliphatic carbocycles. The molecule has 0 aromatic heterocycles. The van der Waals surface area contributed by atoms with Gasteiger partial charge in [0.2, 0.25) is 4.33 Å². The monoisotopic (exact) mass is 349 g/mol. The van der Waals surface area contributed by atoms with Crippen LogP contribution in [0.2, 0.25) is 10.0 Å².